The summed E-state index contributed by atoms with van der Waals surface area (Å²) in [5.41, 5.74) is 1.13. The van der Waals surface area contributed by atoms with Gasteiger partial charge in [-0.1, -0.05) is 78.0 Å². The maximum Gasteiger partial charge on any atom is 0.273 e. The maximum absolute atomic E-state index is 12.6. The average Bonchev–Trinajstić information content (AvgIpc) is 2.82. The SMILES string of the molecule is O=C1C(=Cc2ccccc2)SC(=S)N1C(=O)c1ccccc1Cl. The van der Waals surface area contributed by atoms with Crippen molar-refractivity contribution < 1.29 is 9.59 Å². The largest absolute Gasteiger partial charge is 0.273 e. The van der Waals surface area contributed by atoms with Crippen LogP contribution in [0.15, 0.2) is 59.5 Å². The van der Waals surface area contributed by atoms with Crippen LogP contribution in [-0.4, -0.2) is 21.0 Å². The lowest BCUT2D eigenvalue weighted by molar-refractivity contribution is -0.120. The van der Waals surface area contributed by atoms with E-state index in [1.807, 2.05) is 30.3 Å². The Hall–Kier alpha value is -1.95. The third kappa shape index (κ3) is 3.22. The van der Waals surface area contributed by atoms with Gasteiger partial charge >= 0.3 is 0 Å². The van der Waals surface area contributed by atoms with Crippen molar-refractivity contribution >= 4 is 57.8 Å². The van der Waals surface area contributed by atoms with E-state index in [-0.39, 0.29) is 9.88 Å². The molecule has 0 N–H and O–H groups in total. The molecule has 2 amide bonds. The summed E-state index contributed by atoms with van der Waals surface area (Å²) < 4.78 is 0.210. The van der Waals surface area contributed by atoms with Gasteiger partial charge in [0.1, 0.15) is 0 Å². The summed E-state index contributed by atoms with van der Waals surface area (Å²) in [5, 5.41) is 0.290. The van der Waals surface area contributed by atoms with Crippen molar-refractivity contribution in [3.63, 3.8) is 0 Å². The van der Waals surface area contributed by atoms with Crippen LogP contribution >= 0.6 is 35.6 Å². The monoisotopic (exact) mass is 359 g/mol. The fraction of sp³-hybridized carbons (Fsp3) is 0. The van der Waals surface area contributed by atoms with Crippen LogP contribution in [-0.2, 0) is 4.79 Å². The summed E-state index contributed by atoms with van der Waals surface area (Å²) in [7, 11) is 0. The van der Waals surface area contributed by atoms with Gasteiger partial charge in [-0.25, -0.2) is 4.90 Å². The zero-order valence-electron chi connectivity index (χ0n) is 11.7. The molecule has 114 valence electrons. The molecule has 0 aromatic heterocycles. The smallest absolute Gasteiger partial charge is 0.268 e. The number of hydrogen-bond acceptors (Lipinski definition) is 4. The third-order valence-corrected chi connectivity index (χ3v) is 4.83. The number of imide groups is 1. The summed E-state index contributed by atoms with van der Waals surface area (Å²) in [6.07, 6.45) is 1.72. The number of nitrogens with zero attached hydrogens (tertiary/aromatic N) is 1. The molecule has 0 spiro atoms. The number of carbonyl (C=O) groups is 2. The first-order valence-corrected chi connectivity index (χ1v) is 8.30. The molecule has 2 aromatic carbocycles. The second-order valence-electron chi connectivity index (χ2n) is 4.71. The minimum absolute atomic E-state index is 0.210. The van der Waals surface area contributed by atoms with Gasteiger partial charge in [-0.3, -0.25) is 9.59 Å². The third-order valence-electron chi connectivity index (χ3n) is 3.20. The number of amides is 2. The molecule has 0 aliphatic carbocycles. The highest BCUT2D eigenvalue weighted by Gasteiger charge is 2.37. The quantitative estimate of drug-likeness (QED) is 0.453. The number of thiocarbonyl (C=S) groups is 1. The summed E-state index contributed by atoms with van der Waals surface area (Å²) >= 11 is 12.3. The van der Waals surface area contributed by atoms with Gasteiger partial charge in [0, 0.05) is 0 Å². The molecule has 6 heteroatoms. The van der Waals surface area contributed by atoms with Crippen LogP contribution in [0.3, 0.4) is 0 Å². The summed E-state index contributed by atoms with van der Waals surface area (Å²) in [4.78, 5) is 26.5. The molecule has 3 nitrogen and oxygen atoms in total. The Morgan fingerprint density at radius 2 is 1.74 bits per heavy atom. The van der Waals surface area contributed by atoms with Crippen LogP contribution in [0, 0.1) is 0 Å². The number of halogens is 1. The fourth-order valence-electron chi connectivity index (χ4n) is 2.10. The fourth-order valence-corrected chi connectivity index (χ4v) is 3.57. The Kier molecular flexibility index (Phi) is 4.61. The molecule has 0 radical (unpaired) electrons. The van der Waals surface area contributed by atoms with E-state index >= 15 is 0 Å². The Balaban J connectivity index is 1.92. The molecule has 0 bridgehead atoms. The Bertz CT molecular complexity index is 833. The van der Waals surface area contributed by atoms with Crippen molar-refractivity contribution in [3.8, 4) is 0 Å². The molecule has 0 atom stereocenters. The molecule has 1 aliphatic rings. The second-order valence-corrected chi connectivity index (χ2v) is 6.80. The van der Waals surface area contributed by atoms with Gasteiger partial charge in [0.2, 0.25) is 0 Å². The number of rotatable bonds is 2. The van der Waals surface area contributed by atoms with Gasteiger partial charge in [0.05, 0.1) is 15.5 Å². The number of thioether (sulfide) groups is 1. The molecular formula is C17H10ClNO2S2. The molecule has 23 heavy (non-hydrogen) atoms. The van der Waals surface area contributed by atoms with E-state index in [1.165, 1.54) is 0 Å². The van der Waals surface area contributed by atoms with Crippen LogP contribution in [0.25, 0.3) is 6.08 Å². The summed E-state index contributed by atoms with van der Waals surface area (Å²) in [6, 6.07) is 16.0. The molecular weight excluding hydrogens is 350 g/mol. The van der Waals surface area contributed by atoms with Crippen molar-refractivity contribution in [2.75, 3.05) is 0 Å². The van der Waals surface area contributed by atoms with Gasteiger partial charge in [0.15, 0.2) is 4.32 Å². The summed E-state index contributed by atoms with van der Waals surface area (Å²) in [5.74, 6) is -0.927. The second kappa shape index (κ2) is 6.66. The van der Waals surface area contributed by atoms with Crippen LogP contribution in [0.5, 0.6) is 0 Å². The van der Waals surface area contributed by atoms with Gasteiger partial charge in [-0.2, -0.15) is 0 Å². The van der Waals surface area contributed by atoms with Crippen molar-refractivity contribution in [3.05, 3.63) is 75.7 Å². The normalized spacial score (nSPS) is 16.2. The zero-order valence-corrected chi connectivity index (χ0v) is 14.1. The predicted octanol–water partition coefficient (Wildman–Crippen LogP) is 4.38. The Morgan fingerprint density at radius 1 is 1.09 bits per heavy atom. The molecule has 0 saturated carbocycles. The lowest BCUT2D eigenvalue weighted by Gasteiger charge is -2.13. The topological polar surface area (TPSA) is 37.4 Å². The number of benzene rings is 2. The maximum atomic E-state index is 12.6. The molecule has 1 saturated heterocycles. The molecule has 1 fully saturated rings. The van der Waals surface area contributed by atoms with E-state index < -0.39 is 11.8 Å². The van der Waals surface area contributed by atoms with Crippen LogP contribution in [0.2, 0.25) is 5.02 Å². The van der Waals surface area contributed by atoms with E-state index in [9.17, 15) is 9.59 Å². The summed E-state index contributed by atoms with van der Waals surface area (Å²) in [6.45, 7) is 0. The van der Waals surface area contributed by atoms with Crippen molar-refractivity contribution in [1.29, 1.82) is 0 Å². The van der Waals surface area contributed by atoms with Gasteiger partial charge in [-0.05, 0) is 23.8 Å². The van der Waals surface area contributed by atoms with Gasteiger partial charge in [-0.15, -0.1) is 0 Å². The first kappa shape index (κ1) is 15.9. The minimum Gasteiger partial charge on any atom is -0.268 e. The predicted molar refractivity (Wildman–Crippen MR) is 97.2 cm³/mol. The Morgan fingerprint density at radius 3 is 2.43 bits per heavy atom. The van der Waals surface area contributed by atoms with E-state index in [4.69, 9.17) is 23.8 Å². The average molecular weight is 360 g/mol. The molecule has 1 heterocycles. The van der Waals surface area contributed by atoms with Crippen molar-refractivity contribution in [1.82, 2.24) is 4.90 Å². The van der Waals surface area contributed by atoms with Gasteiger partial charge in [0.25, 0.3) is 11.8 Å². The van der Waals surface area contributed by atoms with Crippen molar-refractivity contribution in [2.45, 2.75) is 0 Å². The van der Waals surface area contributed by atoms with Gasteiger partial charge < -0.3 is 0 Å². The molecule has 1 aliphatic heterocycles. The number of hydrogen-bond donors (Lipinski definition) is 0. The Labute approximate surface area is 147 Å². The van der Waals surface area contributed by atoms with Crippen LogP contribution in [0.4, 0.5) is 0 Å². The first-order valence-electron chi connectivity index (χ1n) is 6.70. The lowest BCUT2D eigenvalue weighted by Crippen LogP contribution is -2.34. The van der Waals surface area contributed by atoms with Crippen LogP contribution in [0.1, 0.15) is 15.9 Å². The van der Waals surface area contributed by atoms with E-state index in [2.05, 4.69) is 0 Å². The number of carbonyl (C=O) groups excluding carboxylic acids is 2. The molecule has 3 rings (SSSR count). The van der Waals surface area contributed by atoms with Crippen molar-refractivity contribution in [2.24, 2.45) is 0 Å². The zero-order chi connectivity index (χ0) is 16.4. The first-order chi connectivity index (χ1) is 11.1. The van der Waals surface area contributed by atoms with E-state index in [0.717, 1.165) is 22.2 Å². The van der Waals surface area contributed by atoms with Crippen LogP contribution < -0.4 is 0 Å². The highest BCUT2D eigenvalue weighted by molar-refractivity contribution is 8.26. The highest BCUT2D eigenvalue weighted by atomic mass is 35.5. The standard InChI is InChI=1S/C17H10ClNO2S2/c18-13-9-5-4-8-12(13)15(20)19-16(21)14(23-17(19)22)10-11-6-2-1-3-7-11/h1-10H. The van der Waals surface area contributed by atoms with E-state index in [1.54, 1.807) is 30.3 Å². The highest BCUT2D eigenvalue weighted by Crippen LogP contribution is 2.34. The lowest BCUT2D eigenvalue weighted by atomic mass is 10.2. The molecule has 2 aromatic rings. The molecule has 0 unspecified atom stereocenters. The minimum atomic E-state index is -0.505. The van der Waals surface area contributed by atoms with E-state index in [0.29, 0.717) is 9.93 Å².